The van der Waals surface area contributed by atoms with Crippen LogP contribution >= 0.6 is 0 Å². The second kappa shape index (κ2) is 4.72. The average molecular weight is 254 g/mol. The number of nitrogens with one attached hydrogen (secondary N) is 2. The van der Waals surface area contributed by atoms with Crippen molar-refractivity contribution in [2.75, 3.05) is 30.9 Å². The van der Waals surface area contributed by atoms with Gasteiger partial charge in [-0.15, -0.1) is 0 Å². The number of aromatic nitrogens is 4. The van der Waals surface area contributed by atoms with Crippen molar-refractivity contribution < 1.29 is 15.3 Å². The molecule has 0 saturated carbocycles. The zero-order valence-corrected chi connectivity index (χ0v) is 9.46. The maximum atomic E-state index is 9.25. The number of fused-ring (bicyclic) bond motifs is 1. The Morgan fingerprint density at radius 1 is 1.22 bits per heavy atom. The highest BCUT2D eigenvalue weighted by Gasteiger charge is 2.29. The minimum Gasteiger partial charge on any atom is -0.394 e. The maximum Gasteiger partial charge on any atom is 0.224 e. The summed E-state index contributed by atoms with van der Waals surface area (Å²) in [5.74, 6) is 0.292. The highest BCUT2D eigenvalue weighted by atomic mass is 16.3. The molecule has 0 aromatic carbocycles. The predicted molar refractivity (Wildman–Crippen MR) is 63.7 cm³/mol. The van der Waals surface area contributed by atoms with E-state index in [1.54, 1.807) is 0 Å². The number of nitrogen functional groups attached to an aromatic ring is 1. The van der Waals surface area contributed by atoms with Gasteiger partial charge in [-0.3, -0.25) is 5.10 Å². The van der Waals surface area contributed by atoms with Crippen molar-refractivity contribution in [3.63, 3.8) is 0 Å². The van der Waals surface area contributed by atoms with Crippen molar-refractivity contribution in [1.29, 1.82) is 0 Å². The fraction of sp³-hybridized carbons (Fsp3) is 0.444. The maximum absolute atomic E-state index is 9.25. The molecule has 0 atom stereocenters. The molecule has 0 aliphatic heterocycles. The number of aromatic amines is 1. The molecule has 2 heterocycles. The molecule has 9 nitrogen and oxygen atoms in total. The molecule has 0 aliphatic rings. The first kappa shape index (κ1) is 12.5. The van der Waals surface area contributed by atoms with Crippen molar-refractivity contribution in [2.45, 2.75) is 5.54 Å². The topological polar surface area (TPSA) is 153 Å². The third-order valence-corrected chi connectivity index (χ3v) is 2.62. The third kappa shape index (κ3) is 2.06. The van der Waals surface area contributed by atoms with Crippen LogP contribution in [0.25, 0.3) is 11.0 Å². The van der Waals surface area contributed by atoms with E-state index in [0.717, 1.165) is 0 Å². The van der Waals surface area contributed by atoms with Crippen molar-refractivity contribution in [1.82, 2.24) is 20.2 Å². The molecule has 0 amide bonds. The zero-order valence-electron chi connectivity index (χ0n) is 9.46. The molecule has 0 unspecified atom stereocenters. The Morgan fingerprint density at radius 3 is 2.50 bits per heavy atom. The van der Waals surface area contributed by atoms with Gasteiger partial charge in [0.05, 0.1) is 31.4 Å². The second-order valence-electron chi connectivity index (χ2n) is 3.94. The lowest BCUT2D eigenvalue weighted by atomic mass is 10.0. The molecule has 2 rings (SSSR count). The lowest BCUT2D eigenvalue weighted by Gasteiger charge is -2.29. The molecule has 0 aliphatic carbocycles. The van der Waals surface area contributed by atoms with Gasteiger partial charge in [-0.2, -0.15) is 15.1 Å². The van der Waals surface area contributed by atoms with Crippen LogP contribution in [0, 0.1) is 0 Å². The number of hydrogen-bond donors (Lipinski definition) is 6. The summed E-state index contributed by atoms with van der Waals surface area (Å²) in [5.41, 5.74) is 4.67. The number of hydrogen-bond acceptors (Lipinski definition) is 8. The molecule has 2 aromatic rings. The molecular formula is C9H14N6O3. The molecule has 0 saturated heterocycles. The van der Waals surface area contributed by atoms with E-state index in [2.05, 4.69) is 25.5 Å². The van der Waals surface area contributed by atoms with Crippen LogP contribution in [-0.2, 0) is 0 Å². The number of aliphatic hydroxyl groups is 3. The molecular weight excluding hydrogens is 240 g/mol. The Kier molecular flexibility index (Phi) is 3.28. The van der Waals surface area contributed by atoms with Gasteiger partial charge in [-0.05, 0) is 0 Å². The fourth-order valence-electron chi connectivity index (χ4n) is 1.47. The summed E-state index contributed by atoms with van der Waals surface area (Å²) in [7, 11) is 0. The van der Waals surface area contributed by atoms with E-state index in [1.165, 1.54) is 6.20 Å². The van der Waals surface area contributed by atoms with E-state index >= 15 is 0 Å². The smallest absolute Gasteiger partial charge is 0.224 e. The third-order valence-electron chi connectivity index (χ3n) is 2.62. The van der Waals surface area contributed by atoms with E-state index in [9.17, 15) is 15.3 Å². The first-order valence-electron chi connectivity index (χ1n) is 5.21. The number of H-pyrrole nitrogens is 1. The van der Waals surface area contributed by atoms with Crippen LogP contribution in [0.15, 0.2) is 6.20 Å². The van der Waals surface area contributed by atoms with Crippen LogP contribution in [0.2, 0.25) is 0 Å². The summed E-state index contributed by atoms with van der Waals surface area (Å²) in [6, 6.07) is 0. The first-order chi connectivity index (χ1) is 8.64. The minimum absolute atomic E-state index is 0.0111. The molecule has 0 radical (unpaired) electrons. The van der Waals surface area contributed by atoms with Gasteiger partial charge in [0, 0.05) is 0 Å². The van der Waals surface area contributed by atoms with E-state index in [-0.39, 0.29) is 11.8 Å². The number of anilines is 2. The van der Waals surface area contributed by atoms with Gasteiger partial charge in [-0.25, -0.2) is 0 Å². The van der Waals surface area contributed by atoms with Crippen molar-refractivity contribution in [3.05, 3.63) is 6.20 Å². The first-order valence-corrected chi connectivity index (χ1v) is 5.21. The molecule has 9 heteroatoms. The van der Waals surface area contributed by atoms with Gasteiger partial charge >= 0.3 is 0 Å². The molecule has 0 fully saturated rings. The zero-order chi connectivity index (χ0) is 13.2. The van der Waals surface area contributed by atoms with E-state index in [0.29, 0.717) is 11.0 Å². The summed E-state index contributed by atoms with van der Waals surface area (Å²) in [6.45, 7) is -1.41. The summed E-state index contributed by atoms with van der Waals surface area (Å²) in [5, 5.41) is 37.5. The summed E-state index contributed by atoms with van der Waals surface area (Å²) in [4.78, 5) is 7.89. The van der Waals surface area contributed by atoms with Gasteiger partial charge in [0.1, 0.15) is 11.4 Å². The van der Waals surface area contributed by atoms with Crippen LogP contribution < -0.4 is 11.1 Å². The molecule has 0 bridgehead atoms. The van der Waals surface area contributed by atoms with E-state index in [4.69, 9.17) is 5.73 Å². The standard InChI is InChI=1S/C9H14N6O3/c10-8-12-6(5-1-11-15-7(5)13-8)14-9(2-16,3-17)4-18/h1,16-18H,2-4H2,(H4,10,11,12,13,14,15). The average Bonchev–Trinajstić information content (AvgIpc) is 2.84. The van der Waals surface area contributed by atoms with Crippen LogP contribution in [0.3, 0.4) is 0 Å². The van der Waals surface area contributed by atoms with Gasteiger partial charge in [-0.1, -0.05) is 0 Å². The van der Waals surface area contributed by atoms with Gasteiger partial charge in [0.2, 0.25) is 5.95 Å². The summed E-state index contributed by atoms with van der Waals surface area (Å²) in [6.07, 6.45) is 1.48. The van der Waals surface area contributed by atoms with Gasteiger partial charge < -0.3 is 26.4 Å². The molecule has 2 aromatic heterocycles. The van der Waals surface area contributed by atoms with Crippen LogP contribution in [0.4, 0.5) is 11.8 Å². The normalized spacial score (nSPS) is 11.9. The van der Waals surface area contributed by atoms with Gasteiger partial charge in [0.15, 0.2) is 5.65 Å². The Bertz CT molecular complexity index is 530. The highest BCUT2D eigenvalue weighted by Crippen LogP contribution is 2.22. The Hall–Kier alpha value is -1.97. The Morgan fingerprint density at radius 2 is 1.89 bits per heavy atom. The SMILES string of the molecule is Nc1nc(NC(CO)(CO)CO)c2cn[nH]c2n1. The highest BCUT2D eigenvalue weighted by molar-refractivity contribution is 5.87. The summed E-state index contributed by atoms with van der Waals surface area (Å²) < 4.78 is 0. The van der Waals surface area contributed by atoms with Crippen molar-refractivity contribution in [2.24, 2.45) is 0 Å². The van der Waals surface area contributed by atoms with E-state index < -0.39 is 25.4 Å². The van der Waals surface area contributed by atoms with Gasteiger partial charge in [0.25, 0.3) is 0 Å². The predicted octanol–water partition coefficient (Wildman–Crippen LogP) is -1.94. The molecule has 7 N–H and O–H groups in total. The van der Waals surface area contributed by atoms with Crippen molar-refractivity contribution >= 4 is 22.8 Å². The number of nitrogens with zero attached hydrogens (tertiary/aromatic N) is 3. The number of nitrogens with two attached hydrogens (primary N) is 1. The Balaban J connectivity index is 2.44. The van der Waals surface area contributed by atoms with Crippen LogP contribution in [0.5, 0.6) is 0 Å². The Labute approximate surface area is 102 Å². The quantitative estimate of drug-likeness (QED) is 0.360. The lowest BCUT2D eigenvalue weighted by molar-refractivity contribution is 0.0832. The number of rotatable bonds is 5. The van der Waals surface area contributed by atoms with E-state index in [1.807, 2.05) is 0 Å². The monoisotopic (exact) mass is 254 g/mol. The molecule has 98 valence electrons. The summed E-state index contributed by atoms with van der Waals surface area (Å²) >= 11 is 0. The van der Waals surface area contributed by atoms with Crippen LogP contribution in [0.1, 0.15) is 0 Å². The lowest BCUT2D eigenvalue weighted by Crippen LogP contribution is -2.49. The molecule has 0 spiro atoms. The largest absolute Gasteiger partial charge is 0.394 e. The second-order valence-corrected chi connectivity index (χ2v) is 3.94. The number of aliphatic hydroxyl groups excluding tert-OH is 3. The fourth-order valence-corrected chi connectivity index (χ4v) is 1.47. The van der Waals surface area contributed by atoms with Crippen LogP contribution in [-0.4, -0.2) is 60.8 Å². The minimum atomic E-state index is -1.29. The molecule has 18 heavy (non-hydrogen) atoms. The van der Waals surface area contributed by atoms with Crippen molar-refractivity contribution in [3.8, 4) is 0 Å².